The van der Waals surface area contributed by atoms with Crippen molar-refractivity contribution in [1.82, 2.24) is 4.57 Å². The lowest BCUT2D eigenvalue weighted by molar-refractivity contribution is 0.112. The van der Waals surface area contributed by atoms with Gasteiger partial charge in [0.2, 0.25) is 0 Å². The Morgan fingerprint density at radius 3 is 2.45 bits per heavy atom. The summed E-state index contributed by atoms with van der Waals surface area (Å²) in [4.78, 5) is 24.0. The Balaban J connectivity index is 2.85. The van der Waals surface area contributed by atoms with Crippen LogP contribution in [0.15, 0.2) is 23.1 Å². The summed E-state index contributed by atoms with van der Waals surface area (Å²) in [5.41, 5.74) is 1.94. The topological polar surface area (TPSA) is 39.1 Å². The number of nitrogens with zero attached hydrogens (tertiary/aromatic N) is 1. The number of hydrogen-bond donors (Lipinski definition) is 0. The summed E-state index contributed by atoms with van der Waals surface area (Å²) in [6.07, 6.45) is 3.32. The summed E-state index contributed by atoms with van der Waals surface area (Å²) >= 11 is 7.92. The number of carbonyl (C=O) groups excluding carboxylic acids is 1. The van der Waals surface area contributed by atoms with Crippen molar-refractivity contribution < 1.29 is 9.18 Å². The van der Waals surface area contributed by atoms with Crippen LogP contribution in [-0.4, -0.2) is 10.9 Å². The zero-order valence-corrected chi connectivity index (χ0v) is 15.0. The van der Waals surface area contributed by atoms with E-state index in [1.165, 1.54) is 22.9 Å². The van der Waals surface area contributed by atoms with Crippen molar-refractivity contribution in [2.24, 2.45) is 0 Å². The van der Waals surface area contributed by atoms with Crippen LogP contribution in [0.25, 0.3) is 5.69 Å². The molecule has 0 amide bonds. The van der Waals surface area contributed by atoms with E-state index in [2.05, 4.69) is 0 Å². The van der Waals surface area contributed by atoms with Crippen LogP contribution < -0.4 is 5.56 Å². The molecule has 0 aliphatic carbocycles. The van der Waals surface area contributed by atoms with E-state index in [0.717, 1.165) is 11.8 Å². The van der Waals surface area contributed by atoms with E-state index in [0.29, 0.717) is 33.2 Å². The molecule has 1 heterocycles. The molecular weight excluding hydrogens is 420 g/mol. The predicted octanol–water partition coefficient (Wildman–Crippen LogP) is 4.17. The van der Waals surface area contributed by atoms with Gasteiger partial charge in [-0.15, -0.1) is 0 Å². The van der Waals surface area contributed by atoms with Gasteiger partial charge < -0.3 is 0 Å². The standard InChI is InChI=1S/C16H14ClFINO2/c1-3-10-9(8-21)7-20(16(22)11(10)4-2)15-6-14(19)13(18)5-12(15)17/h5-8H,3-4H2,1-2H3. The number of pyridine rings is 1. The molecule has 0 atom stereocenters. The maximum Gasteiger partial charge on any atom is 0.258 e. The Kier molecular flexibility index (Phi) is 5.39. The molecule has 0 unspecified atom stereocenters. The molecule has 2 rings (SSSR count). The first kappa shape index (κ1) is 17.1. The highest BCUT2D eigenvalue weighted by molar-refractivity contribution is 14.1. The fourth-order valence-electron chi connectivity index (χ4n) is 2.48. The second kappa shape index (κ2) is 6.91. The van der Waals surface area contributed by atoms with Crippen molar-refractivity contribution in [2.45, 2.75) is 26.7 Å². The van der Waals surface area contributed by atoms with Gasteiger partial charge in [0.05, 0.1) is 14.3 Å². The average molecular weight is 434 g/mol. The molecule has 2 aromatic rings. The van der Waals surface area contributed by atoms with Crippen molar-refractivity contribution in [2.75, 3.05) is 0 Å². The summed E-state index contributed by atoms with van der Waals surface area (Å²) in [7, 11) is 0. The third-order valence-corrected chi connectivity index (χ3v) is 4.67. The number of rotatable bonds is 4. The molecule has 1 aromatic carbocycles. The van der Waals surface area contributed by atoms with E-state index < -0.39 is 5.82 Å². The van der Waals surface area contributed by atoms with Crippen LogP contribution in [0.5, 0.6) is 0 Å². The fraction of sp³-hybridized carbons (Fsp3) is 0.250. The van der Waals surface area contributed by atoms with Crippen molar-refractivity contribution >= 4 is 40.5 Å². The third kappa shape index (κ3) is 2.96. The summed E-state index contributed by atoms with van der Waals surface area (Å²) in [5.74, 6) is -0.445. The molecule has 3 nitrogen and oxygen atoms in total. The van der Waals surface area contributed by atoms with Gasteiger partial charge in [0, 0.05) is 17.3 Å². The maximum absolute atomic E-state index is 13.5. The van der Waals surface area contributed by atoms with E-state index in [4.69, 9.17) is 11.6 Å². The van der Waals surface area contributed by atoms with Crippen molar-refractivity contribution in [3.05, 3.63) is 59.8 Å². The van der Waals surface area contributed by atoms with Crippen LogP contribution in [0.4, 0.5) is 4.39 Å². The van der Waals surface area contributed by atoms with Crippen LogP contribution in [0.2, 0.25) is 5.02 Å². The molecule has 0 fully saturated rings. The first-order valence-electron chi connectivity index (χ1n) is 6.82. The largest absolute Gasteiger partial charge is 0.298 e. The van der Waals surface area contributed by atoms with Crippen LogP contribution in [0.3, 0.4) is 0 Å². The molecule has 0 N–H and O–H groups in total. The zero-order chi connectivity index (χ0) is 16.4. The van der Waals surface area contributed by atoms with Crippen LogP contribution in [-0.2, 0) is 12.8 Å². The highest BCUT2D eigenvalue weighted by atomic mass is 127. The van der Waals surface area contributed by atoms with Gasteiger partial charge in [0.15, 0.2) is 6.29 Å². The second-order valence-electron chi connectivity index (χ2n) is 4.76. The number of aromatic nitrogens is 1. The lowest BCUT2D eigenvalue weighted by Crippen LogP contribution is -2.25. The average Bonchev–Trinajstić information content (AvgIpc) is 2.50. The first-order valence-corrected chi connectivity index (χ1v) is 8.27. The van der Waals surface area contributed by atoms with E-state index in [-0.39, 0.29) is 10.6 Å². The molecule has 0 saturated heterocycles. The Morgan fingerprint density at radius 1 is 1.27 bits per heavy atom. The van der Waals surface area contributed by atoms with Crippen molar-refractivity contribution in [3.63, 3.8) is 0 Å². The summed E-state index contributed by atoms with van der Waals surface area (Å²) in [6.45, 7) is 3.77. The van der Waals surface area contributed by atoms with Gasteiger partial charge in [-0.1, -0.05) is 25.4 Å². The molecule has 0 saturated carbocycles. The lowest BCUT2D eigenvalue weighted by atomic mass is 10.00. The number of aldehydes is 1. The quantitative estimate of drug-likeness (QED) is 0.412. The zero-order valence-electron chi connectivity index (χ0n) is 12.1. The van der Waals surface area contributed by atoms with E-state index in [1.807, 2.05) is 36.4 Å². The van der Waals surface area contributed by atoms with Crippen LogP contribution >= 0.6 is 34.2 Å². The molecule has 0 spiro atoms. The number of benzene rings is 1. The molecule has 0 bridgehead atoms. The van der Waals surface area contributed by atoms with Gasteiger partial charge in [-0.05, 0) is 53.1 Å². The molecule has 0 aliphatic heterocycles. The Labute approximate surface area is 146 Å². The first-order chi connectivity index (χ1) is 10.4. The molecule has 1 aromatic heterocycles. The highest BCUT2D eigenvalue weighted by Crippen LogP contribution is 2.25. The Bertz CT molecular complexity index is 802. The summed E-state index contributed by atoms with van der Waals surface area (Å²) < 4.78 is 15.2. The molecule has 116 valence electrons. The Hall–Kier alpha value is -1.21. The highest BCUT2D eigenvalue weighted by Gasteiger charge is 2.16. The van der Waals surface area contributed by atoms with Crippen LogP contribution in [0.1, 0.15) is 35.3 Å². The van der Waals surface area contributed by atoms with Gasteiger partial charge in [0.25, 0.3) is 5.56 Å². The lowest BCUT2D eigenvalue weighted by Gasteiger charge is -2.15. The molecular formula is C16H14ClFINO2. The predicted molar refractivity (Wildman–Crippen MR) is 93.9 cm³/mol. The summed E-state index contributed by atoms with van der Waals surface area (Å²) in [5, 5.41) is 0.128. The molecule has 0 radical (unpaired) electrons. The third-order valence-electron chi connectivity index (χ3n) is 3.54. The van der Waals surface area contributed by atoms with E-state index in [1.54, 1.807) is 0 Å². The second-order valence-corrected chi connectivity index (χ2v) is 6.33. The van der Waals surface area contributed by atoms with E-state index >= 15 is 0 Å². The minimum absolute atomic E-state index is 0.128. The normalized spacial score (nSPS) is 10.8. The number of hydrogen-bond acceptors (Lipinski definition) is 2. The molecule has 6 heteroatoms. The van der Waals surface area contributed by atoms with Gasteiger partial charge in [-0.3, -0.25) is 14.2 Å². The summed E-state index contributed by atoms with van der Waals surface area (Å²) in [6, 6.07) is 2.67. The maximum atomic E-state index is 13.5. The number of halogens is 3. The van der Waals surface area contributed by atoms with Gasteiger partial charge in [-0.25, -0.2) is 4.39 Å². The van der Waals surface area contributed by atoms with Gasteiger partial charge in [-0.2, -0.15) is 0 Å². The minimum Gasteiger partial charge on any atom is -0.298 e. The molecule has 0 aliphatic rings. The monoisotopic (exact) mass is 433 g/mol. The van der Waals surface area contributed by atoms with E-state index in [9.17, 15) is 14.0 Å². The molecule has 22 heavy (non-hydrogen) atoms. The van der Waals surface area contributed by atoms with Crippen molar-refractivity contribution in [3.8, 4) is 5.69 Å². The fourth-order valence-corrected chi connectivity index (χ4v) is 3.18. The van der Waals surface area contributed by atoms with Gasteiger partial charge in [0.1, 0.15) is 5.82 Å². The minimum atomic E-state index is -0.445. The SMILES string of the molecule is CCc1c(C=O)cn(-c2cc(I)c(F)cc2Cl)c(=O)c1CC. The van der Waals surface area contributed by atoms with Crippen LogP contribution in [0, 0.1) is 9.39 Å². The Morgan fingerprint density at radius 2 is 1.91 bits per heavy atom. The smallest absolute Gasteiger partial charge is 0.258 e. The number of carbonyl (C=O) groups is 1. The van der Waals surface area contributed by atoms with Crippen molar-refractivity contribution in [1.29, 1.82) is 0 Å². The van der Waals surface area contributed by atoms with Gasteiger partial charge >= 0.3 is 0 Å².